The number of anilines is 1. The number of hydrogen-bond acceptors (Lipinski definition) is 4. The van der Waals surface area contributed by atoms with Gasteiger partial charge in [-0.2, -0.15) is 0 Å². The summed E-state index contributed by atoms with van der Waals surface area (Å²) in [6.07, 6.45) is 4.29. The molecule has 0 radical (unpaired) electrons. The van der Waals surface area contributed by atoms with Gasteiger partial charge in [0.05, 0.1) is 18.4 Å². The van der Waals surface area contributed by atoms with E-state index in [9.17, 15) is 5.11 Å². The van der Waals surface area contributed by atoms with Crippen LogP contribution in [0.1, 0.15) is 57.6 Å². The van der Waals surface area contributed by atoms with Crippen LogP contribution in [0.2, 0.25) is 0 Å². The lowest BCUT2D eigenvalue weighted by Gasteiger charge is -2.45. The summed E-state index contributed by atoms with van der Waals surface area (Å²) in [6.45, 7) is 11.7. The van der Waals surface area contributed by atoms with Crippen molar-refractivity contribution in [3.05, 3.63) is 59.7 Å². The molecule has 2 aromatic carbocycles. The zero-order valence-electron chi connectivity index (χ0n) is 20.3. The van der Waals surface area contributed by atoms with Gasteiger partial charge in [0.25, 0.3) is 0 Å². The molecule has 4 rings (SSSR count). The first kappa shape index (κ1) is 23.1. The number of rotatable bonds is 5. The van der Waals surface area contributed by atoms with Gasteiger partial charge in [-0.25, -0.2) is 0 Å². The number of piperazine rings is 1. The Bertz CT molecular complexity index is 881. The molecule has 2 aliphatic rings. The minimum absolute atomic E-state index is 0.133. The average molecular weight is 437 g/mol. The zero-order valence-corrected chi connectivity index (χ0v) is 20.3. The van der Waals surface area contributed by atoms with Gasteiger partial charge in [0.2, 0.25) is 0 Å². The number of benzene rings is 2. The third-order valence-electron chi connectivity index (χ3n) is 7.56. The molecule has 4 heteroatoms. The fraction of sp³-hybridized carbons (Fsp3) is 0.571. The molecule has 4 nitrogen and oxygen atoms in total. The minimum atomic E-state index is -0.714. The summed E-state index contributed by atoms with van der Waals surface area (Å²) in [5.74, 6) is 1.23. The largest absolute Gasteiger partial charge is 0.495 e. The number of para-hydroxylation sites is 2. The summed E-state index contributed by atoms with van der Waals surface area (Å²) < 4.78 is 5.56. The third kappa shape index (κ3) is 4.82. The Labute approximate surface area is 194 Å². The van der Waals surface area contributed by atoms with Crippen molar-refractivity contribution < 1.29 is 9.84 Å². The van der Waals surface area contributed by atoms with Gasteiger partial charge in [-0.1, -0.05) is 70.0 Å². The van der Waals surface area contributed by atoms with Gasteiger partial charge in [0, 0.05) is 38.6 Å². The van der Waals surface area contributed by atoms with Crippen LogP contribution in [-0.2, 0) is 11.0 Å². The van der Waals surface area contributed by atoms with E-state index in [2.05, 4.69) is 67.0 Å². The van der Waals surface area contributed by atoms with Crippen LogP contribution in [0.4, 0.5) is 5.69 Å². The van der Waals surface area contributed by atoms with Gasteiger partial charge >= 0.3 is 0 Å². The molecule has 0 amide bonds. The lowest BCUT2D eigenvalue weighted by atomic mass is 9.70. The van der Waals surface area contributed by atoms with Crippen LogP contribution < -0.4 is 9.64 Å². The molecule has 1 saturated heterocycles. The number of nitrogens with zero attached hydrogens (tertiary/aromatic N) is 2. The van der Waals surface area contributed by atoms with Gasteiger partial charge in [0.1, 0.15) is 5.75 Å². The number of aliphatic hydroxyl groups is 1. The van der Waals surface area contributed by atoms with Gasteiger partial charge in [-0.15, -0.1) is 0 Å². The Morgan fingerprint density at radius 2 is 1.66 bits per heavy atom. The molecular formula is C28H40N2O2. The number of ether oxygens (including phenoxy) is 1. The van der Waals surface area contributed by atoms with Crippen molar-refractivity contribution in [2.75, 3.05) is 44.7 Å². The molecule has 0 spiro atoms. The second-order valence-corrected chi connectivity index (χ2v) is 10.7. The molecular weight excluding hydrogens is 396 g/mol. The van der Waals surface area contributed by atoms with Crippen LogP contribution >= 0.6 is 0 Å². The summed E-state index contributed by atoms with van der Waals surface area (Å²) in [5.41, 5.74) is 3.03. The van der Waals surface area contributed by atoms with E-state index in [1.54, 1.807) is 7.11 Å². The van der Waals surface area contributed by atoms with Crippen molar-refractivity contribution in [3.63, 3.8) is 0 Å². The highest BCUT2D eigenvalue weighted by Gasteiger charge is 2.41. The molecule has 2 fully saturated rings. The molecule has 32 heavy (non-hydrogen) atoms. The molecule has 1 heterocycles. The van der Waals surface area contributed by atoms with Crippen molar-refractivity contribution >= 4 is 5.69 Å². The van der Waals surface area contributed by atoms with Crippen molar-refractivity contribution in [1.29, 1.82) is 0 Å². The third-order valence-corrected chi connectivity index (χ3v) is 7.56. The van der Waals surface area contributed by atoms with Crippen LogP contribution in [0.15, 0.2) is 48.5 Å². The summed E-state index contributed by atoms with van der Waals surface area (Å²) in [5, 5.41) is 11.9. The highest BCUT2D eigenvalue weighted by Crippen LogP contribution is 2.43. The van der Waals surface area contributed by atoms with E-state index in [0.29, 0.717) is 0 Å². The molecule has 2 unspecified atom stereocenters. The van der Waals surface area contributed by atoms with Crippen molar-refractivity contribution in [2.45, 2.75) is 57.5 Å². The molecule has 2 aromatic rings. The Kier molecular flexibility index (Phi) is 6.83. The van der Waals surface area contributed by atoms with E-state index in [0.717, 1.165) is 63.3 Å². The topological polar surface area (TPSA) is 35.9 Å². The van der Waals surface area contributed by atoms with Crippen LogP contribution in [0.25, 0.3) is 0 Å². The van der Waals surface area contributed by atoms with Crippen LogP contribution in [-0.4, -0.2) is 49.8 Å². The Morgan fingerprint density at radius 3 is 2.31 bits per heavy atom. The van der Waals surface area contributed by atoms with E-state index in [1.165, 1.54) is 17.7 Å². The molecule has 1 N–H and O–H groups in total. The molecule has 1 aliphatic heterocycles. The molecule has 0 aromatic heterocycles. The van der Waals surface area contributed by atoms with Crippen LogP contribution in [0.3, 0.4) is 0 Å². The van der Waals surface area contributed by atoms with Gasteiger partial charge in [-0.05, 0) is 41.5 Å². The van der Waals surface area contributed by atoms with Gasteiger partial charge in [0.15, 0.2) is 0 Å². The summed E-state index contributed by atoms with van der Waals surface area (Å²) in [6, 6.07) is 17.1. The average Bonchev–Trinajstić information content (AvgIpc) is 2.80. The van der Waals surface area contributed by atoms with Crippen molar-refractivity contribution in [2.24, 2.45) is 5.92 Å². The lowest BCUT2D eigenvalue weighted by molar-refractivity contribution is -0.0660. The van der Waals surface area contributed by atoms with Crippen molar-refractivity contribution in [3.8, 4) is 5.75 Å². The van der Waals surface area contributed by atoms with E-state index in [-0.39, 0.29) is 11.3 Å². The Morgan fingerprint density at radius 1 is 0.969 bits per heavy atom. The van der Waals surface area contributed by atoms with E-state index in [4.69, 9.17) is 4.74 Å². The highest BCUT2D eigenvalue weighted by atomic mass is 16.5. The molecule has 2 atom stereocenters. The summed E-state index contributed by atoms with van der Waals surface area (Å²) in [4.78, 5) is 4.98. The van der Waals surface area contributed by atoms with Crippen LogP contribution in [0, 0.1) is 5.92 Å². The Balaban J connectivity index is 1.43. The molecule has 1 aliphatic carbocycles. The van der Waals surface area contributed by atoms with Gasteiger partial charge < -0.3 is 14.7 Å². The smallest absolute Gasteiger partial charge is 0.142 e. The lowest BCUT2D eigenvalue weighted by Crippen LogP contribution is -2.51. The summed E-state index contributed by atoms with van der Waals surface area (Å²) >= 11 is 0. The fourth-order valence-electron chi connectivity index (χ4n) is 5.48. The second-order valence-electron chi connectivity index (χ2n) is 10.7. The molecule has 174 valence electrons. The molecule has 1 saturated carbocycles. The maximum absolute atomic E-state index is 11.9. The van der Waals surface area contributed by atoms with Crippen molar-refractivity contribution in [1.82, 2.24) is 4.90 Å². The standard InChI is InChI=1S/C28H40N2O2/c1-27(2,3)22-12-14-23(15-13-22)28(31)16-8-7-9-24(28)21-29-17-19-30(20-18-29)25-10-5-6-11-26(25)32-4/h5-6,10-15,24,31H,7-9,16-21H2,1-4H3. The van der Waals surface area contributed by atoms with Crippen LogP contribution in [0.5, 0.6) is 5.75 Å². The quantitative estimate of drug-likeness (QED) is 0.699. The summed E-state index contributed by atoms with van der Waals surface area (Å²) in [7, 11) is 1.74. The highest BCUT2D eigenvalue weighted by molar-refractivity contribution is 5.58. The minimum Gasteiger partial charge on any atom is -0.495 e. The maximum atomic E-state index is 11.9. The van der Waals surface area contributed by atoms with E-state index in [1.807, 2.05) is 12.1 Å². The molecule has 0 bridgehead atoms. The van der Waals surface area contributed by atoms with Gasteiger partial charge in [-0.3, -0.25) is 4.90 Å². The Hall–Kier alpha value is -2.04. The first-order chi connectivity index (χ1) is 15.3. The predicted octanol–water partition coefficient (Wildman–Crippen LogP) is 5.19. The zero-order chi connectivity index (χ0) is 22.8. The number of hydrogen-bond donors (Lipinski definition) is 1. The normalized spacial score (nSPS) is 25.0. The number of methoxy groups -OCH3 is 1. The SMILES string of the molecule is COc1ccccc1N1CCN(CC2CCCCC2(O)c2ccc(C(C)(C)C)cc2)CC1. The predicted molar refractivity (Wildman–Crippen MR) is 133 cm³/mol. The first-order valence-corrected chi connectivity index (χ1v) is 12.2. The second kappa shape index (κ2) is 9.44. The first-order valence-electron chi connectivity index (χ1n) is 12.2. The maximum Gasteiger partial charge on any atom is 0.142 e. The fourth-order valence-corrected chi connectivity index (χ4v) is 5.48. The monoisotopic (exact) mass is 436 g/mol. The van der Waals surface area contributed by atoms with E-state index >= 15 is 0 Å². The van der Waals surface area contributed by atoms with E-state index < -0.39 is 5.60 Å².